The van der Waals surface area contributed by atoms with Crippen LogP contribution in [0.3, 0.4) is 0 Å². The maximum atomic E-state index is 10.9. The highest BCUT2D eigenvalue weighted by atomic mass is 16.3. The maximum absolute atomic E-state index is 10.9. The maximum Gasteiger partial charge on any atom is 0.0992 e. The fraction of sp³-hybridized carbons (Fsp3) is 0.632. The van der Waals surface area contributed by atoms with Crippen LogP contribution < -0.4 is 0 Å². The zero-order chi connectivity index (χ0) is 16.1. The van der Waals surface area contributed by atoms with Crippen LogP contribution >= 0.6 is 0 Å². The fourth-order valence-electron chi connectivity index (χ4n) is 3.31. The molecule has 2 aromatic heterocycles. The standard InChI is InChI=1S/C19H30N2O/c1-5-7-8-15(6-2)11-18(22)19-16(14(3)4)9-10-21-13-20-12-17(19)21/h9-10,12-15,18,22H,5-8,11H2,1-4H3. The van der Waals surface area contributed by atoms with Crippen molar-refractivity contribution in [2.75, 3.05) is 0 Å². The molecule has 2 rings (SSSR count). The predicted molar refractivity (Wildman–Crippen MR) is 92.2 cm³/mol. The third-order valence-electron chi connectivity index (χ3n) is 4.72. The monoisotopic (exact) mass is 302 g/mol. The molecule has 3 heteroatoms. The Labute approximate surface area is 134 Å². The molecule has 0 amide bonds. The topological polar surface area (TPSA) is 37.5 Å². The van der Waals surface area contributed by atoms with Gasteiger partial charge in [0.05, 0.1) is 24.1 Å². The second kappa shape index (κ2) is 7.77. The second-order valence-corrected chi connectivity index (χ2v) is 6.69. The van der Waals surface area contributed by atoms with E-state index >= 15 is 0 Å². The molecular formula is C19H30N2O. The molecule has 0 bridgehead atoms. The van der Waals surface area contributed by atoms with E-state index in [2.05, 4.69) is 38.7 Å². The number of rotatable bonds is 8. The molecule has 122 valence electrons. The molecule has 2 atom stereocenters. The molecule has 0 aliphatic rings. The highest BCUT2D eigenvalue weighted by Gasteiger charge is 2.21. The first-order valence-corrected chi connectivity index (χ1v) is 8.70. The predicted octanol–water partition coefficient (Wildman–Crippen LogP) is 5.10. The summed E-state index contributed by atoms with van der Waals surface area (Å²) in [6.07, 6.45) is 11.0. The van der Waals surface area contributed by atoms with Crippen molar-refractivity contribution in [1.82, 2.24) is 9.38 Å². The van der Waals surface area contributed by atoms with Gasteiger partial charge in [0.25, 0.3) is 0 Å². The van der Waals surface area contributed by atoms with E-state index in [9.17, 15) is 5.11 Å². The van der Waals surface area contributed by atoms with Crippen LogP contribution in [0.4, 0.5) is 0 Å². The molecule has 0 saturated carbocycles. The first kappa shape index (κ1) is 17.0. The molecule has 2 heterocycles. The largest absolute Gasteiger partial charge is 0.388 e. The number of nitrogens with zero attached hydrogens (tertiary/aromatic N) is 2. The first-order valence-electron chi connectivity index (χ1n) is 8.70. The van der Waals surface area contributed by atoms with E-state index < -0.39 is 6.10 Å². The van der Waals surface area contributed by atoms with Crippen LogP contribution in [-0.4, -0.2) is 14.5 Å². The molecule has 3 nitrogen and oxygen atoms in total. The van der Waals surface area contributed by atoms with Crippen LogP contribution in [0, 0.1) is 5.92 Å². The smallest absolute Gasteiger partial charge is 0.0992 e. The Balaban J connectivity index is 2.30. The van der Waals surface area contributed by atoms with Gasteiger partial charge in [0, 0.05) is 11.8 Å². The summed E-state index contributed by atoms with van der Waals surface area (Å²) in [4.78, 5) is 4.25. The molecular weight excluding hydrogens is 272 g/mol. The van der Waals surface area contributed by atoms with E-state index in [0.717, 1.165) is 23.9 Å². The SMILES string of the molecule is CCCCC(CC)CC(O)c1c(C(C)C)ccn2cncc12. The highest BCUT2D eigenvalue weighted by molar-refractivity contribution is 5.58. The van der Waals surface area contributed by atoms with Gasteiger partial charge in [-0.1, -0.05) is 53.4 Å². The Morgan fingerprint density at radius 3 is 2.68 bits per heavy atom. The normalized spacial score (nSPS) is 14.6. The van der Waals surface area contributed by atoms with Crippen LogP contribution in [0.5, 0.6) is 0 Å². The molecule has 0 fully saturated rings. The van der Waals surface area contributed by atoms with Gasteiger partial charge in [-0.3, -0.25) is 0 Å². The van der Waals surface area contributed by atoms with Crippen LogP contribution in [-0.2, 0) is 0 Å². The molecule has 0 radical (unpaired) electrons. The van der Waals surface area contributed by atoms with E-state index in [-0.39, 0.29) is 0 Å². The summed E-state index contributed by atoms with van der Waals surface area (Å²) >= 11 is 0. The number of aliphatic hydroxyl groups excluding tert-OH is 1. The lowest BCUT2D eigenvalue weighted by Crippen LogP contribution is -2.11. The third kappa shape index (κ3) is 3.70. The number of hydrogen-bond acceptors (Lipinski definition) is 2. The molecule has 0 aliphatic carbocycles. The summed E-state index contributed by atoms with van der Waals surface area (Å²) in [5, 5.41) is 10.9. The minimum absolute atomic E-state index is 0.403. The molecule has 0 aromatic carbocycles. The highest BCUT2D eigenvalue weighted by Crippen LogP contribution is 2.34. The molecule has 2 unspecified atom stereocenters. The number of imidazole rings is 1. The number of aromatic nitrogens is 2. The Morgan fingerprint density at radius 2 is 2.05 bits per heavy atom. The van der Waals surface area contributed by atoms with E-state index in [1.54, 1.807) is 0 Å². The minimum Gasteiger partial charge on any atom is -0.388 e. The first-order chi connectivity index (χ1) is 10.6. The molecule has 22 heavy (non-hydrogen) atoms. The molecule has 0 spiro atoms. The zero-order valence-corrected chi connectivity index (χ0v) is 14.4. The number of pyridine rings is 1. The van der Waals surface area contributed by atoms with Crippen molar-refractivity contribution in [2.45, 2.75) is 71.8 Å². The van der Waals surface area contributed by atoms with Crippen molar-refractivity contribution in [2.24, 2.45) is 5.92 Å². The Kier molecular flexibility index (Phi) is 6.01. The third-order valence-corrected chi connectivity index (χ3v) is 4.72. The van der Waals surface area contributed by atoms with Gasteiger partial charge < -0.3 is 9.51 Å². The van der Waals surface area contributed by atoms with E-state index in [0.29, 0.717) is 11.8 Å². The van der Waals surface area contributed by atoms with Gasteiger partial charge in [-0.05, 0) is 29.9 Å². The molecule has 2 aromatic rings. The van der Waals surface area contributed by atoms with Gasteiger partial charge in [0.15, 0.2) is 0 Å². The summed E-state index contributed by atoms with van der Waals surface area (Å²) in [7, 11) is 0. The van der Waals surface area contributed by atoms with Gasteiger partial charge in [0.1, 0.15) is 0 Å². The lowest BCUT2D eigenvalue weighted by Gasteiger charge is -2.23. The Morgan fingerprint density at radius 1 is 1.27 bits per heavy atom. The van der Waals surface area contributed by atoms with Crippen LogP contribution in [0.2, 0.25) is 0 Å². The van der Waals surface area contributed by atoms with Gasteiger partial charge in [-0.25, -0.2) is 4.98 Å². The lowest BCUT2D eigenvalue weighted by atomic mass is 9.87. The van der Waals surface area contributed by atoms with Crippen LogP contribution in [0.1, 0.15) is 82.9 Å². The molecule has 0 aliphatic heterocycles. The summed E-state index contributed by atoms with van der Waals surface area (Å²) in [6.45, 7) is 8.84. The van der Waals surface area contributed by atoms with Crippen LogP contribution in [0.15, 0.2) is 24.8 Å². The number of fused-ring (bicyclic) bond motifs is 1. The molecule has 0 saturated heterocycles. The van der Waals surface area contributed by atoms with Gasteiger partial charge in [-0.2, -0.15) is 0 Å². The average molecular weight is 302 g/mol. The van der Waals surface area contributed by atoms with Crippen LogP contribution in [0.25, 0.3) is 5.52 Å². The second-order valence-electron chi connectivity index (χ2n) is 6.69. The summed E-state index contributed by atoms with van der Waals surface area (Å²) in [6, 6.07) is 2.13. The average Bonchev–Trinajstić information content (AvgIpc) is 2.98. The van der Waals surface area contributed by atoms with Gasteiger partial charge in [0.2, 0.25) is 0 Å². The van der Waals surface area contributed by atoms with Crippen molar-refractivity contribution in [3.8, 4) is 0 Å². The van der Waals surface area contributed by atoms with Crippen molar-refractivity contribution in [3.05, 3.63) is 35.9 Å². The Hall–Kier alpha value is -1.35. The van der Waals surface area contributed by atoms with Crippen molar-refractivity contribution in [3.63, 3.8) is 0 Å². The zero-order valence-electron chi connectivity index (χ0n) is 14.4. The lowest BCUT2D eigenvalue weighted by molar-refractivity contribution is 0.139. The number of aliphatic hydroxyl groups is 1. The van der Waals surface area contributed by atoms with Crippen molar-refractivity contribution >= 4 is 5.52 Å². The van der Waals surface area contributed by atoms with Crippen molar-refractivity contribution < 1.29 is 5.11 Å². The van der Waals surface area contributed by atoms with E-state index in [4.69, 9.17) is 0 Å². The fourth-order valence-corrected chi connectivity index (χ4v) is 3.31. The number of unbranched alkanes of at least 4 members (excludes halogenated alkanes) is 1. The summed E-state index contributed by atoms with van der Waals surface area (Å²) in [5.41, 5.74) is 3.36. The van der Waals surface area contributed by atoms with E-state index in [1.165, 1.54) is 24.8 Å². The van der Waals surface area contributed by atoms with Crippen molar-refractivity contribution in [1.29, 1.82) is 0 Å². The molecule has 1 N–H and O–H groups in total. The Bertz CT molecular complexity index is 588. The summed E-state index contributed by atoms with van der Waals surface area (Å²) < 4.78 is 2.01. The van der Waals surface area contributed by atoms with Gasteiger partial charge >= 0.3 is 0 Å². The van der Waals surface area contributed by atoms with Gasteiger partial charge in [-0.15, -0.1) is 0 Å². The quantitative estimate of drug-likeness (QED) is 0.737. The summed E-state index contributed by atoms with van der Waals surface area (Å²) in [5.74, 6) is 0.999. The number of hydrogen-bond donors (Lipinski definition) is 1. The van der Waals surface area contributed by atoms with E-state index in [1.807, 2.05) is 23.1 Å². The minimum atomic E-state index is -0.403.